The van der Waals surface area contributed by atoms with Crippen molar-refractivity contribution in [1.29, 1.82) is 0 Å². The number of rotatable bonds is 2. The van der Waals surface area contributed by atoms with Gasteiger partial charge in [-0.3, -0.25) is 10.0 Å². The minimum absolute atomic E-state index is 0.0570. The second kappa shape index (κ2) is 4.40. The number of amides is 1. The standard InChI is InChI=1S/C8H14N4O2S/c13-7(12-14)8(11-3-4-15-8)6-5-9-1-2-10-6/h3-4,6,9-11,14H,1-2,5H2,(H,12,13). The maximum Gasteiger partial charge on any atom is 0.281 e. The van der Waals surface area contributed by atoms with E-state index >= 15 is 0 Å². The Morgan fingerprint density at radius 2 is 2.47 bits per heavy atom. The Kier molecular flexibility index (Phi) is 3.15. The number of carbonyl (C=O) groups is 1. The van der Waals surface area contributed by atoms with E-state index in [1.165, 1.54) is 11.8 Å². The molecule has 0 saturated carbocycles. The lowest BCUT2D eigenvalue weighted by Gasteiger charge is -2.38. The molecule has 0 aromatic heterocycles. The largest absolute Gasteiger partial charge is 0.367 e. The molecule has 1 fully saturated rings. The number of thioether (sulfide) groups is 1. The van der Waals surface area contributed by atoms with Crippen LogP contribution >= 0.6 is 11.8 Å². The first-order valence-electron chi connectivity index (χ1n) is 4.79. The summed E-state index contributed by atoms with van der Waals surface area (Å²) in [7, 11) is 0. The predicted octanol–water partition coefficient (Wildman–Crippen LogP) is -1.44. The Bertz CT molecular complexity index is 270. The molecule has 2 aliphatic rings. The second-order valence-electron chi connectivity index (χ2n) is 3.45. The Morgan fingerprint density at radius 1 is 1.60 bits per heavy atom. The van der Waals surface area contributed by atoms with Gasteiger partial charge in [0.2, 0.25) is 0 Å². The summed E-state index contributed by atoms with van der Waals surface area (Å²) in [5.74, 6) is -0.432. The summed E-state index contributed by atoms with van der Waals surface area (Å²) in [6.45, 7) is 2.40. The van der Waals surface area contributed by atoms with E-state index in [4.69, 9.17) is 5.21 Å². The molecule has 2 aliphatic heterocycles. The minimum atomic E-state index is -0.845. The van der Waals surface area contributed by atoms with Gasteiger partial charge >= 0.3 is 0 Å². The molecule has 1 saturated heterocycles. The van der Waals surface area contributed by atoms with E-state index < -0.39 is 10.8 Å². The molecule has 7 heteroatoms. The van der Waals surface area contributed by atoms with Crippen molar-refractivity contribution < 1.29 is 10.0 Å². The molecule has 1 amide bonds. The van der Waals surface area contributed by atoms with Crippen LogP contribution in [0.4, 0.5) is 0 Å². The highest BCUT2D eigenvalue weighted by molar-refractivity contribution is 8.04. The van der Waals surface area contributed by atoms with Crippen LogP contribution in [0.15, 0.2) is 11.6 Å². The van der Waals surface area contributed by atoms with Gasteiger partial charge < -0.3 is 16.0 Å². The van der Waals surface area contributed by atoms with E-state index in [0.717, 1.165) is 13.1 Å². The molecule has 0 aromatic carbocycles. The number of carbonyl (C=O) groups excluding carboxylic acids is 1. The van der Waals surface area contributed by atoms with Crippen LogP contribution < -0.4 is 21.4 Å². The average Bonchev–Trinajstić information content (AvgIpc) is 2.79. The lowest BCUT2D eigenvalue weighted by molar-refractivity contribution is -0.133. The zero-order valence-corrected chi connectivity index (χ0v) is 8.93. The quantitative estimate of drug-likeness (QED) is 0.295. The first-order valence-corrected chi connectivity index (χ1v) is 5.67. The van der Waals surface area contributed by atoms with Gasteiger partial charge in [0.1, 0.15) is 0 Å². The molecule has 6 nitrogen and oxygen atoms in total. The lowest BCUT2D eigenvalue weighted by atomic mass is 10.1. The normalized spacial score (nSPS) is 34.9. The molecule has 2 heterocycles. The van der Waals surface area contributed by atoms with Crippen LogP contribution in [0.3, 0.4) is 0 Å². The molecule has 0 spiro atoms. The molecule has 0 radical (unpaired) electrons. The van der Waals surface area contributed by atoms with Crippen molar-refractivity contribution in [2.24, 2.45) is 0 Å². The monoisotopic (exact) mass is 230 g/mol. The van der Waals surface area contributed by atoms with E-state index in [9.17, 15) is 4.79 Å². The maximum absolute atomic E-state index is 11.7. The predicted molar refractivity (Wildman–Crippen MR) is 57.2 cm³/mol. The minimum Gasteiger partial charge on any atom is -0.367 e. The molecule has 0 aliphatic carbocycles. The topological polar surface area (TPSA) is 85.4 Å². The van der Waals surface area contributed by atoms with E-state index in [-0.39, 0.29) is 6.04 Å². The molecule has 2 rings (SSSR count). The Hall–Kier alpha value is -0.760. The van der Waals surface area contributed by atoms with Crippen LogP contribution in [0, 0.1) is 0 Å². The van der Waals surface area contributed by atoms with Crippen molar-refractivity contribution in [2.75, 3.05) is 19.6 Å². The molecule has 84 valence electrons. The van der Waals surface area contributed by atoms with Gasteiger partial charge in [-0.05, 0) is 5.41 Å². The average molecular weight is 230 g/mol. The van der Waals surface area contributed by atoms with Gasteiger partial charge in [0.05, 0.1) is 6.04 Å². The smallest absolute Gasteiger partial charge is 0.281 e. The summed E-state index contributed by atoms with van der Waals surface area (Å²) in [5.41, 5.74) is 1.71. The zero-order chi connectivity index (χ0) is 10.7. The van der Waals surface area contributed by atoms with Crippen molar-refractivity contribution in [2.45, 2.75) is 10.9 Å². The third kappa shape index (κ3) is 1.83. The van der Waals surface area contributed by atoms with Gasteiger partial charge in [0, 0.05) is 25.8 Å². The summed E-state index contributed by atoms with van der Waals surface area (Å²) in [5, 5.41) is 20.0. The second-order valence-corrected chi connectivity index (χ2v) is 4.60. The fraction of sp³-hybridized carbons (Fsp3) is 0.625. The highest BCUT2D eigenvalue weighted by Gasteiger charge is 2.47. The van der Waals surface area contributed by atoms with Crippen LogP contribution in [0.25, 0.3) is 0 Å². The SMILES string of the molecule is O=C(NO)C1(C2CNCCN2)NC=CS1. The van der Waals surface area contributed by atoms with Gasteiger partial charge in [-0.25, -0.2) is 5.48 Å². The zero-order valence-electron chi connectivity index (χ0n) is 8.12. The fourth-order valence-corrected chi connectivity index (χ4v) is 2.79. The maximum atomic E-state index is 11.7. The first-order chi connectivity index (χ1) is 7.29. The fourth-order valence-electron chi connectivity index (χ4n) is 1.82. The third-order valence-corrected chi connectivity index (χ3v) is 3.82. The molecular weight excluding hydrogens is 216 g/mol. The molecule has 2 unspecified atom stereocenters. The van der Waals surface area contributed by atoms with Crippen molar-refractivity contribution in [1.82, 2.24) is 21.4 Å². The molecule has 0 aromatic rings. The molecule has 5 N–H and O–H groups in total. The van der Waals surface area contributed by atoms with Crippen molar-refractivity contribution >= 4 is 17.7 Å². The number of hydrogen-bond acceptors (Lipinski definition) is 6. The molecule has 15 heavy (non-hydrogen) atoms. The van der Waals surface area contributed by atoms with Gasteiger partial charge in [-0.1, -0.05) is 11.8 Å². The van der Waals surface area contributed by atoms with Crippen molar-refractivity contribution in [3.05, 3.63) is 11.6 Å². The summed E-state index contributed by atoms with van der Waals surface area (Å²) in [6, 6.07) is -0.0570. The number of nitrogens with one attached hydrogen (secondary N) is 4. The number of hydroxylamine groups is 1. The highest BCUT2D eigenvalue weighted by atomic mass is 32.2. The summed E-state index contributed by atoms with van der Waals surface area (Å²) in [4.78, 5) is 10.8. The highest BCUT2D eigenvalue weighted by Crippen LogP contribution is 2.32. The van der Waals surface area contributed by atoms with Crippen molar-refractivity contribution in [3.8, 4) is 0 Å². The van der Waals surface area contributed by atoms with Crippen LogP contribution in [-0.4, -0.2) is 41.7 Å². The van der Waals surface area contributed by atoms with Gasteiger partial charge in [0.25, 0.3) is 5.91 Å². The van der Waals surface area contributed by atoms with Gasteiger partial charge in [-0.15, -0.1) is 0 Å². The Morgan fingerprint density at radius 3 is 3.00 bits per heavy atom. The summed E-state index contributed by atoms with van der Waals surface area (Å²) >= 11 is 1.36. The van der Waals surface area contributed by atoms with Crippen LogP contribution in [0.1, 0.15) is 0 Å². The van der Waals surface area contributed by atoms with E-state index in [2.05, 4.69) is 16.0 Å². The summed E-state index contributed by atoms with van der Waals surface area (Å²) in [6.07, 6.45) is 1.72. The Labute approximate surface area is 91.8 Å². The van der Waals surface area contributed by atoms with E-state index in [1.807, 2.05) is 5.41 Å². The van der Waals surface area contributed by atoms with Crippen LogP contribution in [0.5, 0.6) is 0 Å². The molecular formula is C8H14N4O2S. The van der Waals surface area contributed by atoms with E-state index in [0.29, 0.717) is 6.54 Å². The molecule has 2 atom stereocenters. The van der Waals surface area contributed by atoms with Gasteiger partial charge in [0.15, 0.2) is 4.87 Å². The summed E-state index contributed by atoms with van der Waals surface area (Å²) < 4.78 is 0. The number of hydrogen-bond donors (Lipinski definition) is 5. The molecule has 0 bridgehead atoms. The van der Waals surface area contributed by atoms with E-state index in [1.54, 1.807) is 11.7 Å². The first kappa shape index (κ1) is 10.7. The number of piperazine rings is 1. The van der Waals surface area contributed by atoms with Crippen LogP contribution in [0.2, 0.25) is 0 Å². The Balaban J connectivity index is 2.14. The third-order valence-electron chi connectivity index (χ3n) is 2.59. The van der Waals surface area contributed by atoms with Crippen molar-refractivity contribution in [3.63, 3.8) is 0 Å². The van der Waals surface area contributed by atoms with Gasteiger partial charge in [-0.2, -0.15) is 0 Å². The lowest BCUT2D eigenvalue weighted by Crippen LogP contribution is -2.67. The van der Waals surface area contributed by atoms with Crippen LogP contribution in [-0.2, 0) is 4.79 Å².